The van der Waals surface area contributed by atoms with E-state index in [4.69, 9.17) is 4.74 Å². The Morgan fingerprint density at radius 1 is 1.26 bits per heavy atom. The second kappa shape index (κ2) is 9.95. The first-order valence-electron chi connectivity index (χ1n) is 12.9. The summed E-state index contributed by atoms with van der Waals surface area (Å²) in [6.45, 7) is 5.43. The van der Waals surface area contributed by atoms with Gasteiger partial charge in [0.2, 0.25) is 0 Å². The molecule has 0 radical (unpaired) electrons. The van der Waals surface area contributed by atoms with Crippen LogP contribution >= 0.6 is 0 Å². The number of carbonyl (C=O) groups excluding carboxylic acids is 1. The second-order valence-corrected chi connectivity index (χ2v) is 10.7. The molecule has 3 heterocycles. The number of hydrogen-bond donors (Lipinski definition) is 3. The van der Waals surface area contributed by atoms with Crippen molar-refractivity contribution in [2.75, 3.05) is 25.0 Å². The van der Waals surface area contributed by atoms with Crippen molar-refractivity contribution in [3.05, 3.63) is 58.2 Å². The molecule has 1 aromatic heterocycles. The van der Waals surface area contributed by atoms with Crippen LogP contribution in [0.1, 0.15) is 61.2 Å². The van der Waals surface area contributed by atoms with Crippen LogP contribution in [0.5, 0.6) is 5.75 Å². The van der Waals surface area contributed by atoms with Gasteiger partial charge in [-0.3, -0.25) is 4.79 Å². The summed E-state index contributed by atoms with van der Waals surface area (Å²) in [6, 6.07) is 5.65. The number of aryl methyl sites for hydroxylation is 1. The van der Waals surface area contributed by atoms with Crippen LogP contribution in [0.15, 0.2) is 24.3 Å². The van der Waals surface area contributed by atoms with Crippen molar-refractivity contribution in [3.8, 4) is 5.75 Å². The monoisotopic (exact) mass is 544 g/mol. The van der Waals surface area contributed by atoms with Gasteiger partial charge in [0.15, 0.2) is 0 Å². The summed E-state index contributed by atoms with van der Waals surface area (Å²) in [6.07, 6.45) is -1.89. The number of rotatable bonds is 6. The molecule has 2 aromatic carbocycles. The van der Waals surface area contributed by atoms with Gasteiger partial charge in [0, 0.05) is 48.1 Å². The molecule has 1 saturated heterocycles. The number of fused-ring (bicyclic) bond motifs is 3. The molecule has 0 saturated carbocycles. The van der Waals surface area contributed by atoms with E-state index >= 15 is 0 Å². The number of alkyl halides is 2. The molecular formula is C28H31F3N4O4. The molecule has 11 heteroatoms. The molecule has 1 amide bonds. The highest BCUT2D eigenvalue weighted by Gasteiger charge is 2.42. The summed E-state index contributed by atoms with van der Waals surface area (Å²) in [5, 5.41) is 25.6. The van der Waals surface area contributed by atoms with Gasteiger partial charge >= 0.3 is 0 Å². The maximum atomic E-state index is 14.7. The quantitative estimate of drug-likeness (QED) is 0.428. The van der Waals surface area contributed by atoms with Gasteiger partial charge in [-0.25, -0.2) is 23.1 Å². The SMILES string of the molecule is Cc1nc(NCc2cccc(C(F)F)c2F)c2cc(C3(O)CCN(C(=O)C(C)(C)O)CC3)c3c(c2n1)CCO3. The zero-order chi connectivity index (χ0) is 28.1. The summed E-state index contributed by atoms with van der Waals surface area (Å²) >= 11 is 0. The van der Waals surface area contributed by atoms with Gasteiger partial charge < -0.3 is 25.2 Å². The third kappa shape index (κ3) is 5.00. The minimum absolute atomic E-state index is 0.0735. The van der Waals surface area contributed by atoms with Gasteiger partial charge in [0.25, 0.3) is 12.3 Å². The molecule has 5 rings (SSSR count). The average molecular weight is 545 g/mol. The number of hydrogen-bond acceptors (Lipinski definition) is 7. The van der Waals surface area contributed by atoms with E-state index in [2.05, 4.69) is 15.3 Å². The van der Waals surface area contributed by atoms with Crippen LogP contribution in [0.4, 0.5) is 19.0 Å². The second-order valence-electron chi connectivity index (χ2n) is 10.7. The largest absolute Gasteiger partial charge is 0.492 e. The van der Waals surface area contributed by atoms with Crippen LogP contribution in [0.2, 0.25) is 0 Å². The number of amides is 1. The third-order valence-corrected chi connectivity index (χ3v) is 7.44. The molecule has 0 aliphatic carbocycles. The maximum absolute atomic E-state index is 14.7. The lowest BCUT2D eigenvalue weighted by Gasteiger charge is -2.40. The normalized spacial score (nSPS) is 16.9. The van der Waals surface area contributed by atoms with Crippen molar-refractivity contribution in [2.45, 2.75) is 64.2 Å². The minimum atomic E-state index is -2.93. The first-order chi connectivity index (χ1) is 18.4. The van der Waals surface area contributed by atoms with E-state index in [1.54, 1.807) is 13.0 Å². The van der Waals surface area contributed by atoms with Crippen LogP contribution in [0.25, 0.3) is 10.9 Å². The van der Waals surface area contributed by atoms with E-state index in [0.717, 1.165) is 11.6 Å². The molecule has 2 aliphatic heterocycles. The predicted molar refractivity (Wildman–Crippen MR) is 138 cm³/mol. The molecule has 3 aromatic rings. The Morgan fingerprint density at radius 3 is 2.64 bits per heavy atom. The standard InChI is InChI=1S/C28H31F3N4O4/c1-15-33-22-18-7-12-39-23(18)20(28(38)8-10-35(11-9-28)26(36)27(2,3)37)13-19(22)25(34-15)32-14-16-5-4-6-17(21(16)29)24(30)31/h4-6,13,24,37-38H,7-12,14H2,1-3H3,(H,32,33,34). The lowest BCUT2D eigenvalue weighted by Crippen LogP contribution is -2.51. The number of nitrogens with one attached hydrogen (secondary N) is 1. The number of ether oxygens (including phenoxy) is 1. The van der Waals surface area contributed by atoms with Gasteiger partial charge in [-0.1, -0.05) is 18.2 Å². The van der Waals surface area contributed by atoms with Crippen LogP contribution in [-0.4, -0.2) is 56.3 Å². The first-order valence-corrected chi connectivity index (χ1v) is 12.9. The first kappa shape index (κ1) is 27.1. The van der Waals surface area contributed by atoms with Gasteiger partial charge in [-0.05, 0) is 39.7 Å². The molecule has 2 aliphatic rings. The molecule has 208 valence electrons. The molecule has 0 bridgehead atoms. The minimum Gasteiger partial charge on any atom is -0.492 e. The molecule has 8 nitrogen and oxygen atoms in total. The molecule has 0 atom stereocenters. The number of aliphatic hydroxyl groups is 2. The summed E-state index contributed by atoms with van der Waals surface area (Å²) in [5.41, 5.74) is -1.38. The van der Waals surface area contributed by atoms with E-state index < -0.39 is 34.9 Å². The van der Waals surface area contributed by atoms with Gasteiger partial charge in [-0.2, -0.15) is 0 Å². The van der Waals surface area contributed by atoms with Crippen LogP contribution in [0.3, 0.4) is 0 Å². The Balaban J connectivity index is 1.51. The average Bonchev–Trinajstić information content (AvgIpc) is 3.37. The van der Waals surface area contributed by atoms with Crippen LogP contribution < -0.4 is 10.1 Å². The van der Waals surface area contributed by atoms with Crippen LogP contribution in [0, 0.1) is 12.7 Å². The third-order valence-electron chi connectivity index (χ3n) is 7.44. The zero-order valence-electron chi connectivity index (χ0n) is 22.0. The number of carbonyl (C=O) groups is 1. The fourth-order valence-corrected chi connectivity index (χ4v) is 5.38. The Kier molecular flexibility index (Phi) is 6.92. The van der Waals surface area contributed by atoms with Crippen molar-refractivity contribution in [1.29, 1.82) is 0 Å². The van der Waals surface area contributed by atoms with E-state index in [-0.39, 0.29) is 38.0 Å². The number of anilines is 1. The molecule has 3 N–H and O–H groups in total. The Hall–Kier alpha value is -3.44. The highest BCUT2D eigenvalue weighted by molar-refractivity contribution is 5.94. The molecule has 1 fully saturated rings. The highest BCUT2D eigenvalue weighted by atomic mass is 19.3. The van der Waals surface area contributed by atoms with E-state index in [9.17, 15) is 28.2 Å². The van der Waals surface area contributed by atoms with Gasteiger partial charge in [-0.15, -0.1) is 0 Å². The van der Waals surface area contributed by atoms with Crippen molar-refractivity contribution in [2.24, 2.45) is 0 Å². The number of nitrogens with zero attached hydrogens (tertiary/aromatic N) is 3. The Labute approximate surface area is 223 Å². The topological polar surface area (TPSA) is 108 Å². The van der Waals surface area contributed by atoms with Gasteiger partial charge in [0.1, 0.15) is 28.8 Å². The number of halogens is 3. The smallest absolute Gasteiger partial charge is 0.266 e. The van der Waals surface area contributed by atoms with Crippen molar-refractivity contribution >= 4 is 22.6 Å². The molecule has 0 spiro atoms. The number of aromatic nitrogens is 2. The van der Waals surface area contributed by atoms with Crippen molar-refractivity contribution in [1.82, 2.24) is 14.9 Å². The lowest BCUT2D eigenvalue weighted by atomic mass is 9.82. The zero-order valence-corrected chi connectivity index (χ0v) is 22.0. The van der Waals surface area contributed by atoms with E-state index in [1.807, 2.05) is 0 Å². The maximum Gasteiger partial charge on any atom is 0.266 e. The summed E-state index contributed by atoms with van der Waals surface area (Å²) < 4.78 is 47.0. The van der Waals surface area contributed by atoms with Crippen LogP contribution in [-0.2, 0) is 23.4 Å². The van der Waals surface area contributed by atoms with Crippen molar-refractivity contribution in [3.63, 3.8) is 0 Å². The Morgan fingerprint density at radius 2 is 1.97 bits per heavy atom. The molecular weight excluding hydrogens is 513 g/mol. The number of likely N-dealkylation sites (tertiary alicyclic amines) is 1. The lowest BCUT2D eigenvalue weighted by molar-refractivity contribution is -0.152. The summed E-state index contributed by atoms with van der Waals surface area (Å²) in [5.74, 6) is 0.0427. The summed E-state index contributed by atoms with van der Waals surface area (Å²) in [4.78, 5) is 23.2. The fourth-order valence-electron chi connectivity index (χ4n) is 5.38. The van der Waals surface area contributed by atoms with E-state index in [1.165, 1.54) is 30.9 Å². The number of benzene rings is 2. The predicted octanol–water partition coefficient (Wildman–Crippen LogP) is 4.14. The fraction of sp³-hybridized carbons (Fsp3) is 0.464. The number of piperidine rings is 1. The van der Waals surface area contributed by atoms with E-state index in [0.29, 0.717) is 46.9 Å². The Bertz CT molecular complexity index is 1430. The summed E-state index contributed by atoms with van der Waals surface area (Å²) in [7, 11) is 0. The van der Waals surface area contributed by atoms with Gasteiger partial charge in [0.05, 0.1) is 23.3 Å². The van der Waals surface area contributed by atoms with Crippen molar-refractivity contribution < 1.29 is 32.9 Å². The molecule has 39 heavy (non-hydrogen) atoms. The molecule has 0 unspecified atom stereocenters. The highest BCUT2D eigenvalue weighted by Crippen LogP contribution is 2.46.